The second-order valence-corrected chi connectivity index (χ2v) is 5.14. The first-order valence-corrected chi connectivity index (χ1v) is 6.69. The number of hydrogen-bond donors (Lipinski definition) is 2. The predicted octanol–water partition coefficient (Wildman–Crippen LogP) is 2.49. The van der Waals surface area contributed by atoms with Crippen LogP contribution in [0.5, 0.6) is 5.75 Å². The number of benzene rings is 2. The van der Waals surface area contributed by atoms with Gasteiger partial charge in [-0.25, -0.2) is 4.79 Å². The molecule has 0 spiro atoms. The lowest BCUT2D eigenvalue weighted by Crippen LogP contribution is -2.41. The van der Waals surface area contributed by atoms with Crippen LogP contribution in [-0.4, -0.2) is 28.4 Å². The standard InChI is InChI=1S/C17H18O4/c1-17(20,16(18)19)12-21-15-10-6-5-9-14(15)11-13-7-3-2-4-8-13/h2-10,20H,11-12H2,1H3,(H,18,19). The third-order valence-corrected chi connectivity index (χ3v) is 3.18. The van der Waals surface area contributed by atoms with Crippen LogP contribution in [-0.2, 0) is 11.2 Å². The maximum atomic E-state index is 10.9. The van der Waals surface area contributed by atoms with Gasteiger partial charge in [-0.3, -0.25) is 0 Å². The summed E-state index contributed by atoms with van der Waals surface area (Å²) < 4.78 is 5.50. The molecule has 0 aliphatic rings. The third-order valence-electron chi connectivity index (χ3n) is 3.18. The van der Waals surface area contributed by atoms with E-state index in [4.69, 9.17) is 9.84 Å². The quantitative estimate of drug-likeness (QED) is 0.856. The summed E-state index contributed by atoms with van der Waals surface area (Å²) in [6.07, 6.45) is 0.687. The van der Waals surface area contributed by atoms with E-state index in [1.807, 2.05) is 48.5 Å². The summed E-state index contributed by atoms with van der Waals surface area (Å²) in [7, 11) is 0. The highest BCUT2D eigenvalue weighted by molar-refractivity contribution is 5.76. The second-order valence-electron chi connectivity index (χ2n) is 5.14. The van der Waals surface area contributed by atoms with Gasteiger partial charge in [-0.15, -0.1) is 0 Å². The molecule has 2 aromatic rings. The van der Waals surface area contributed by atoms with E-state index in [9.17, 15) is 9.90 Å². The van der Waals surface area contributed by atoms with Crippen LogP contribution >= 0.6 is 0 Å². The van der Waals surface area contributed by atoms with Crippen molar-refractivity contribution < 1.29 is 19.7 Å². The molecule has 2 rings (SSSR count). The fourth-order valence-electron chi connectivity index (χ4n) is 1.89. The van der Waals surface area contributed by atoms with Crippen LogP contribution in [0.15, 0.2) is 54.6 Å². The first-order valence-electron chi connectivity index (χ1n) is 6.69. The molecule has 2 aromatic carbocycles. The Labute approximate surface area is 123 Å². The monoisotopic (exact) mass is 286 g/mol. The number of ether oxygens (including phenoxy) is 1. The number of carboxylic acids is 1. The van der Waals surface area contributed by atoms with Gasteiger partial charge >= 0.3 is 5.97 Å². The van der Waals surface area contributed by atoms with E-state index in [0.29, 0.717) is 12.2 Å². The van der Waals surface area contributed by atoms with Gasteiger partial charge in [0.2, 0.25) is 0 Å². The Bertz CT molecular complexity index is 605. The SMILES string of the molecule is CC(O)(COc1ccccc1Cc1ccccc1)C(=O)O. The second kappa shape index (κ2) is 6.41. The lowest BCUT2D eigenvalue weighted by molar-refractivity contribution is -0.159. The lowest BCUT2D eigenvalue weighted by Gasteiger charge is -2.19. The molecule has 0 bridgehead atoms. The zero-order chi connectivity index (χ0) is 15.3. The maximum absolute atomic E-state index is 10.9. The fraction of sp³-hybridized carbons (Fsp3) is 0.235. The number of para-hydroxylation sites is 1. The molecule has 1 atom stereocenters. The van der Waals surface area contributed by atoms with Crippen LogP contribution < -0.4 is 4.74 Å². The molecule has 110 valence electrons. The molecule has 0 aliphatic carbocycles. The molecule has 0 aliphatic heterocycles. The number of aliphatic carboxylic acids is 1. The fourth-order valence-corrected chi connectivity index (χ4v) is 1.89. The van der Waals surface area contributed by atoms with Crippen molar-refractivity contribution in [2.45, 2.75) is 18.9 Å². The molecular formula is C17H18O4. The van der Waals surface area contributed by atoms with Crippen LogP contribution in [0.4, 0.5) is 0 Å². The van der Waals surface area contributed by atoms with Crippen LogP contribution in [0.25, 0.3) is 0 Å². The average Bonchev–Trinajstić information content (AvgIpc) is 2.47. The zero-order valence-electron chi connectivity index (χ0n) is 11.8. The van der Waals surface area contributed by atoms with Gasteiger partial charge in [-0.1, -0.05) is 48.5 Å². The molecule has 0 aromatic heterocycles. The number of rotatable bonds is 6. The number of aliphatic hydroxyl groups is 1. The van der Waals surface area contributed by atoms with Crippen LogP contribution in [0, 0.1) is 0 Å². The van der Waals surface area contributed by atoms with E-state index in [1.165, 1.54) is 6.92 Å². The van der Waals surface area contributed by atoms with Gasteiger partial charge in [-0.2, -0.15) is 0 Å². The summed E-state index contributed by atoms with van der Waals surface area (Å²) in [5.74, 6) is -0.717. The van der Waals surface area contributed by atoms with E-state index in [-0.39, 0.29) is 6.61 Å². The molecule has 4 nitrogen and oxygen atoms in total. The Balaban J connectivity index is 2.12. The Hall–Kier alpha value is -2.33. The van der Waals surface area contributed by atoms with Crippen molar-refractivity contribution >= 4 is 5.97 Å². The molecule has 0 fully saturated rings. The van der Waals surface area contributed by atoms with E-state index in [1.54, 1.807) is 6.07 Å². The van der Waals surface area contributed by atoms with E-state index < -0.39 is 11.6 Å². The average molecular weight is 286 g/mol. The van der Waals surface area contributed by atoms with Crippen LogP contribution in [0.2, 0.25) is 0 Å². The van der Waals surface area contributed by atoms with Gasteiger partial charge in [-0.05, 0) is 24.1 Å². The summed E-state index contributed by atoms with van der Waals surface area (Å²) >= 11 is 0. The summed E-state index contributed by atoms with van der Waals surface area (Å²) in [4.78, 5) is 10.9. The zero-order valence-corrected chi connectivity index (χ0v) is 11.8. The molecule has 0 saturated carbocycles. The third kappa shape index (κ3) is 4.07. The Morgan fingerprint density at radius 3 is 2.38 bits per heavy atom. The Morgan fingerprint density at radius 2 is 1.71 bits per heavy atom. The summed E-state index contributed by atoms with van der Waals surface area (Å²) in [5.41, 5.74) is 0.184. The minimum Gasteiger partial charge on any atom is -0.490 e. The highest BCUT2D eigenvalue weighted by atomic mass is 16.5. The van der Waals surface area contributed by atoms with Crippen molar-refractivity contribution in [3.63, 3.8) is 0 Å². The van der Waals surface area contributed by atoms with Gasteiger partial charge in [0.1, 0.15) is 12.4 Å². The summed E-state index contributed by atoms with van der Waals surface area (Å²) in [6, 6.07) is 17.3. The van der Waals surface area contributed by atoms with Crippen molar-refractivity contribution in [1.82, 2.24) is 0 Å². The molecule has 0 amide bonds. The van der Waals surface area contributed by atoms with Crippen molar-refractivity contribution in [3.05, 3.63) is 65.7 Å². The highest BCUT2D eigenvalue weighted by Crippen LogP contribution is 2.22. The molecular weight excluding hydrogens is 268 g/mol. The molecule has 2 N–H and O–H groups in total. The van der Waals surface area contributed by atoms with Crippen molar-refractivity contribution in [2.24, 2.45) is 0 Å². The van der Waals surface area contributed by atoms with Crippen LogP contribution in [0.1, 0.15) is 18.1 Å². The van der Waals surface area contributed by atoms with Gasteiger partial charge in [0.15, 0.2) is 5.60 Å². The van der Waals surface area contributed by atoms with Gasteiger partial charge in [0.05, 0.1) is 0 Å². The van der Waals surface area contributed by atoms with Crippen molar-refractivity contribution in [1.29, 1.82) is 0 Å². The van der Waals surface area contributed by atoms with Gasteiger partial charge in [0.25, 0.3) is 0 Å². The summed E-state index contributed by atoms with van der Waals surface area (Å²) in [5, 5.41) is 18.6. The predicted molar refractivity (Wildman–Crippen MR) is 79.4 cm³/mol. The van der Waals surface area contributed by atoms with E-state index in [2.05, 4.69) is 0 Å². The molecule has 1 unspecified atom stereocenters. The van der Waals surface area contributed by atoms with Crippen LogP contribution in [0.3, 0.4) is 0 Å². The maximum Gasteiger partial charge on any atom is 0.339 e. The number of carbonyl (C=O) groups is 1. The smallest absolute Gasteiger partial charge is 0.339 e. The van der Waals surface area contributed by atoms with Gasteiger partial charge < -0.3 is 14.9 Å². The minimum atomic E-state index is -1.90. The number of hydrogen-bond acceptors (Lipinski definition) is 3. The molecule has 4 heteroatoms. The molecule has 21 heavy (non-hydrogen) atoms. The Kier molecular flexibility index (Phi) is 4.60. The number of carboxylic acid groups (broad SMARTS) is 1. The van der Waals surface area contributed by atoms with Gasteiger partial charge in [0, 0.05) is 6.42 Å². The first-order chi connectivity index (χ1) is 9.99. The van der Waals surface area contributed by atoms with Crippen molar-refractivity contribution in [3.8, 4) is 5.75 Å². The van der Waals surface area contributed by atoms with E-state index in [0.717, 1.165) is 11.1 Å². The largest absolute Gasteiger partial charge is 0.490 e. The minimum absolute atomic E-state index is 0.297. The topological polar surface area (TPSA) is 66.8 Å². The highest BCUT2D eigenvalue weighted by Gasteiger charge is 2.31. The normalized spacial score (nSPS) is 13.4. The molecule has 0 saturated heterocycles. The lowest BCUT2D eigenvalue weighted by atomic mass is 10.0. The first kappa shape index (κ1) is 15.1. The van der Waals surface area contributed by atoms with Crippen molar-refractivity contribution in [2.75, 3.05) is 6.61 Å². The molecule has 0 radical (unpaired) electrons. The summed E-state index contributed by atoms with van der Waals surface area (Å²) in [6.45, 7) is 0.920. The molecule has 0 heterocycles. The van der Waals surface area contributed by atoms with E-state index >= 15 is 0 Å². The Morgan fingerprint density at radius 1 is 1.10 bits per heavy atom.